The van der Waals surface area contributed by atoms with Gasteiger partial charge < -0.3 is 5.73 Å². The average Bonchev–Trinajstić information content (AvgIpc) is 2.21. The van der Waals surface area contributed by atoms with Crippen LogP contribution in [0.5, 0.6) is 0 Å². The van der Waals surface area contributed by atoms with Crippen molar-refractivity contribution in [1.82, 2.24) is 4.72 Å². The number of nitrogens with two attached hydrogens (primary N) is 1. The molecule has 0 aliphatic carbocycles. The summed E-state index contributed by atoms with van der Waals surface area (Å²) in [7, 11) is -3.86. The van der Waals surface area contributed by atoms with E-state index in [0.29, 0.717) is 0 Å². The first-order chi connectivity index (χ1) is 7.38. The Labute approximate surface area is 102 Å². The van der Waals surface area contributed by atoms with Gasteiger partial charge >= 0.3 is 0 Å². The van der Waals surface area contributed by atoms with Gasteiger partial charge in [0.05, 0.1) is 4.47 Å². The molecule has 0 spiro atoms. The first-order valence-corrected chi connectivity index (χ1v) is 6.82. The fraction of sp³-hybridized carbons (Fsp3) is 0.333. The van der Waals surface area contributed by atoms with Gasteiger partial charge in [-0.1, -0.05) is 6.07 Å². The van der Waals surface area contributed by atoms with Crippen LogP contribution in [-0.4, -0.2) is 21.0 Å². The molecule has 16 heavy (non-hydrogen) atoms. The van der Waals surface area contributed by atoms with Gasteiger partial charge in [0.25, 0.3) is 0 Å². The number of nitrogens with one attached hydrogen (secondary N) is 1. The summed E-state index contributed by atoms with van der Waals surface area (Å²) in [6, 6.07) is 3.64. The second-order valence-electron chi connectivity index (χ2n) is 3.31. The molecule has 0 aliphatic heterocycles. The average molecular weight is 311 g/mol. The highest BCUT2D eigenvalue weighted by Gasteiger charge is 2.21. The lowest BCUT2D eigenvalue weighted by atomic mass is 10.3. The molecule has 0 fully saturated rings. The van der Waals surface area contributed by atoms with E-state index in [-0.39, 0.29) is 15.9 Å². The Balaban J connectivity index is 3.13. The topological polar surface area (TPSA) is 72.2 Å². The van der Waals surface area contributed by atoms with Crippen LogP contribution in [0.15, 0.2) is 27.6 Å². The molecule has 7 heteroatoms. The Hall–Kier alpha value is -0.500. The lowest BCUT2D eigenvalue weighted by Crippen LogP contribution is -2.38. The minimum Gasteiger partial charge on any atom is -0.329 e. The maximum absolute atomic E-state index is 13.6. The van der Waals surface area contributed by atoms with Crippen LogP contribution >= 0.6 is 15.9 Å². The zero-order valence-corrected chi connectivity index (χ0v) is 11.0. The van der Waals surface area contributed by atoms with Gasteiger partial charge in [0.15, 0.2) is 5.82 Å². The molecule has 0 radical (unpaired) electrons. The fourth-order valence-corrected chi connectivity index (χ4v) is 2.92. The van der Waals surface area contributed by atoms with E-state index in [1.807, 2.05) is 0 Å². The first-order valence-electron chi connectivity index (χ1n) is 4.55. The third-order valence-electron chi connectivity index (χ3n) is 1.92. The van der Waals surface area contributed by atoms with Crippen LogP contribution in [-0.2, 0) is 10.0 Å². The van der Waals surface area contributed by atoms with Crippen LogP contribution in [0, 0.1) is 5.82 Å². The second kappa shape index (κ2) is 5.22. The van der Waals surface area contributed by atoms with Gasteiger partial charge in [0.1, 0.15) is 4.90 Å². The Kier molecular flexibility index (Phi) is 4.43. The monoisotopic (exact) mass is 310 g/mol. The molecule has 0 amide bonds. The summed E-state index contributed by atoms with van der Waals surface area (Å²) in [6.07, 6.45) is 0. The summed E-state index contributed by atoms with van der Waals surface area (Å²) in [5, 5.41) is 0. The summed E-state index contributed by atoms with van der Waals surface area (Å²) in [5.74, 6) is -0.806. The standard InChI is InChI=1S/C9H12BrFN2O2S/c1-6(5-12)13-16(14,15)8-4-2-3-7(10)9(8)11/h2-4,6,13H,5,12H2,1H3/t6-/m0/s1. The Morgan fingerprint density at radius 1 is 1.56 bits per heavy atom. The smallest absolute Gasteiger partial charge is 0.243 e. The van der Waals surface area contributed by atoms with Gasteiger partial charge in [-0.3, -0.25) is 0 Å². The molecule has 0 saturated heterocycles. The van der Waals surface area contributed by atoms with E-state index in [1.165, 1.54) is 18.2 Å². The summed E-state index contributed by atoms with van der Waals surface area (Å²) in [5.41, 5.74) is 5.30. The lowest BCUT2D eigenvalue weighted by molar-refractivity contribution is 0.542. The summed E-state index contributed by atoms with van der Waals surface area (Å²) in [6.45, 7) is 1.75. The number of sulfonamides is 1. The van der Waals surface area contributed by atoms with Gasteiger partial charge in [0, 0.05) is 12.6 Å². The number of hydrogen-bond acceptors (Lipinski definition) is 3. The minimum absolute atomic E-state index is 0.107. The summed E-state index contributed by atoms with van der Waals surface area (Å²) < 4.78 is 39.4. The van der Waals surface area contributed by atoms with Crippen LogP contribution in [0.1, 0.15) is 6.92 Å². The van der Waals surface area contributed by atoms with Gasteiger partial charge in [-0.25, -0.2) is 17.5 Å². The van der Waals surface area contributed by atoms with E-state index in [0.717, 1.165) is 0 Å². The molecule has 0 saturated carbocycles. The van der Waals surface area contributed by atoms with Crippen molar-refractivity contribution in [2.75, 3.05) is 6.54 Å². The Bertz CT molecular complexity index is 478. The van der Waals surface area contributed by atoms with Crippen molar-refractivity contribution in [3.8, 4) is 0 Å². The molecule has 0 aromatic heterocycles. The first kappa shape index (κ1) is 13.6. The summed E-state index contributed by atoms with van der Waals surface area (Å²) in [4.78, 5) is -0.387. The van der Waals surface area contributed by atoms with Crippen LogP contribution in [0.25, 0.3) is 0 Å². The predicted octanol–water partition coefficient (Wildman–Crippen LogP) is 1.21. The van der Waals surface area contributed by atoms with E-state index >= 15 is 0 Å². The third kappa shape index (κ3) is 3.00. The van der Waals surface area contributed by atoms with Crippen molar-refractivity contribution in [1.29, 1.82) is 0 Å². The second-order valence-corrected chi connectivity index (χ2v) is 5.85. The van der Waals surface area contributed by atoms with Crippen LogP contribution in [0.4, 0.5) is 4.39 Å². The molecular formula is C9H12BrFN2O2S. The minimum atomic E-state index is -3.86. The van der Waals surface area contributed by atoms with Crippen molar-refractivity contribution in [2.45, 2.75) is 17.9 Å². The van der Waals surface area contributed by atoms with Gasteiger partial charge in [-0.05, 0) is 35.0 Å². The van der Waals surface area contributed by atoms with Crippen molar-refractivity contribution in [2.24, 2.45) is 5.73 Å². The number of benzene rings is 1. The van der Waals surface area contributed by atoms with Crippen molar-refractivity contribution < 1.29 is 12.8 Å². The number of halogens is 2. The SMILES string of the molecule is C[C@@H](CN)NS(=O)(=O)c1cccc(Br)c1F. The molecule has 1 aromatic carbocycles. The van der Waals surface area contributed by atoms with E-state index in [9.17, 15) is 12.8 Å². The number of rotatable bonds is 4. The maximum Gasteiger partial charge on any atom is 0.243 e. The highest BCUT2D eigenvalue weighted by molar-refractivity contribution is 9.10. The molecule has 4 nitrogen and oxygen atoms in total. The molecule has 3 N–H and O–H groups in total. The molecule has 1 atom stereocenters. The molecule has 90 valence electrons. The lowest BCUT2D eigenvalue weighted by Gasteiger charge is -2.12. The van der Waals surface area contributed by atoms with Gasteiger partial charge in [-0.15, -0.1) is 0 Å². The molecule has 0 unspecified atom stereocenters. The molecule has 0 bridgehead atoms. The maximum atomic E-state index is 13.6. The normalized spacial score (nSPS) is 13.8. The molecule has 0 heterocycles. The Morgan fingerprint density at radius 3 is 2.75 bits per heavy atom. The molecule has 1 rings (SSSR count). The quantitative estimate of drug-likeness (QED) is 0.878. The van der Waals surface area contributed by atoms with E-state index < -0.39 is 21.9 Å². The van der Waals surface area contributed by atoms with Gasteiger partial charge in [-0.2, -0.15) is 0 Å². The van der Waals surface area contributed by atoms with Crippen LogP contribution in [0.2, 0.25) is 0 Å². The van der Waals surface area contributed by atoms with E-state index in [4.69, 9.17) is 5.73 Å². The largest absolute Gasteiger partial charge is 0.329 e. The van der Waals surface area contributed by atoms with Crippen molar-refractivity contribution in [3.05, 3.63) is 28.5 Å². The molecular weight excluding hydrogens is 299 g/mol. The highest BCUT2D eigenvalue weighted by Crippen LogP contribution is 2.22. The molecule has 1 aromatic rings. The van der Waals surface area contributed by atoms with Crippen molar-refractivity contribution >= 4 is 26.0 Å². The van der Waals surface area contributed by atoms with E-state index in [1.54, 1.807) is 6.92 Å². The zero-order valence-electron chi connectivity index (χ0n) is 8.57. The van der Waals surface area contributed by atoms with Crippen LogP contribution < -0.4 is 10.5 Å². The van der Waals surface area contributed by atoms with Crippen molar-refractivity contribution in [3.63, 3.8) is 0 Å². The van der Waals surface area contributed by atoms with Gasteiger partial charge in [0.2, 0.25) is 10.0 Å². The predicted molar refractivity (Wildman–Crippen MR) is 62.9 cm³/mol. The summed E-state index contributed by atoms with van der Waals surface area (Å²) >= 11 is 2.93. The van der Waals surface area contributed by atoms with E-state index in [2.05, 4.69) is 20.7 Å². The van der Waals surface area contributed by atoms with Crippen LogP contribution in [0.3, 0.4) is 0 Å². The Morgan fingerprint density at radius 2 is 2.19 bits per heavy atom. The zero-order chi connectivity index (χ0) is 12.3. The highest BCUT2D eigenvalue weighted by atomic mass is 79.9. The third-order valence-corrected chi connectivity index (χ3v) is 4.14. The fourth-order valence-electron chi connectivity index (χ4n) is 1.07. The number of hydrogen-bond donors (Lipinski definition) is 2. The molecule has 0 aliphatic rings.